The SMILES string of the molecule is Cc1cccc(N(CCNC(=O)C2CCC2)S(C)(=O)=O)c1C. The minimum absolute atomic E-state index is 0.0423. The average Bonchev–Trinajstić information content (AvgIpc) is 2.35. The highest BCUT2D eigenvalue weighted by atomic mass is 32.2. The first-order valence-electron chi connectivity index (χ1n) is 7.62. The number of hydrogen-bond donors (Lipinski definition) is 1. The van der Waals surface area contributed by atoms with Crippen LogP contribution >= 0.6 is 0 Å². The van der Waals surface area contributed by atoms with Gasteiger partial charge in [0.25, 0.3) is 0 Å². The Morgan fingerprint density at radius 1 is 1.32 bits per heavy atom. The first-order valence-corrected chi connectivity index (χ1v) is 9.47. The molecule has 0 atom stereocenters. The molecule has 1 aromatic carbocycles. The van der Waals surface area contributed by atoms with Gasteiger partial charge in [0.15, 0.2) is 0 Å². The molecule has 1 aliphatic carbocycles. The molecule has 0 aromatic heterocycles. The number of hydrogen-bond acceptors (Lipinski definition) is 3. The molecule has 1 N–H and O–H groups in total. The van der Waals surface area contributed by atoms with Crippen molar-refractivity contribution in [1.29, 1.82) is 0 Å². The molecule has 1 amide bonds. The average molecular weight is 324 g/mol. The zero-order valence-corrected chi connectivity index (χ0v) is 14.2. The predicted molar refractivity (Wildman–Crippen MR) is 88.5 cm³/mol. The maximum absolute atomic E-state index is 12.1. The van der Waals surface area contributed by atoms with Crippen molar-refractivity contribution >= 4 is 21.6 Å². The summed E-state index contributed by atoms with van der Waals surface area (Å²) in [5, 5.41) is 2.85. The van der Waals surface area contributed by atoms with Crippen LogP contribution in [0.25, 0.3) is 0 Å². The third-order valence-electron chi connectivity index (χ3n) is 4.34. The van der Waals surface area contributed by atoms with Gasteiger partial charge >= 0.3 is 0 Å². The van der Waals surface area contributed by atoms with Gasteiger partial charge < -0.3 is 5.32 Å². The standard InChI is InChI=1S/C16H24N2O3S/c1-12-6-4-9-15(13(12)2)18(22(3,20)21)11-10-17-16(19)14-7-5-8-14/h4,6,9,14H,5,7-8,10-11H2,1-3H3,(H,17,19). The lowest BCUT2D eigenvalue weighted by Gasteiger charge is -2.27. The summed E-state index contributed by atoms with van der Waals surface area (Å²) in [5.74, 6) is 0.160. The summed E-state index contributed by atoms with van der Waals surface area (Å²) in [5.41, 5.74) is 2.67. The molecule has 6 heteroatoms. The van der Waals surface area contributed by atoms with Crippen LogP contribution in [-0.2, 0) is 14.8 Å². The lowest BCUT2D eigenvalue weighted by molar-refractivity contribution is -0.127. The summed E-state index contributed by atoms with van der Waals surface area (Å²) >= 11 is 0. The highest BCUT2D eigenvalue weighted by Crippen LogP contribution is 2.26. The van der Waals surface area contributed by atoms with Crippen LogP contribution in [0.3, 0.4) is 0 Å². The van der Waals surface area contributed by atoms with E-state index in [1.54, 1.807) is 6.07 Å². The first-order chi connectivity index (χ1) is 10.3. The van der Waals surface area contributed by atoms with Crippen LogP contribution in [0.2, 0.25) is 0 Å². The number of anilines is 1. The van der Waals surface area contributed by atoms with E-state index in [4.69, 9.17) is 0 Å². The summed E-state index contributed by atoms with van der Waals surface area (Å²) in [7, 11) is -3.38. The van der Waals surface area contributed by atoms with E-state index >= 15 is 0 Å². The van der Waals surface area contributed by atoms with E-state index in [0.29, 0.717) is 12.2 Å². The molecule has 0 unspecified atom stereocenters. The fourth-order valence-corrected chi connectivity index (χ4v) is 3.54. The summed E-state index contributed by atoms with van der Waals surface area (Å²) in [4.78, 5) is 11.8. The molecule has 0 aliphatic heterocycles. The molecular weight excluding hydrogens is 300 g/mol. The van der Waals surface area contributed by atoms with Gasteiger partial charge in [0, 0.05) is 12.5 Å². The molecule has 122 valence electrons. The number of aryl methyl sites for hydroxylation is 1. The van der Waals surface area contributed by atoms with Crippen LogP contribution < -0.4 is 9.62 Å². The lowest BCUT2D eigenvalue weighted by atomic mass is 9.85. The molecule has 0 heterocycles. The quantitative estimate of drug-likeness (QED) is 0.870. The minimum Gasteiger partial charge on any atom is -0.354 e. The maximum Gasteiger partial charge on any atom is 0.232 e. The van der Waals surface area contributed by atoms with Gasteiger partial charge in [-0.05, 0) is 43.9 Å². The van der Waals surface area contributed by atoms with E-state index in [-0.39, 0.29) is 18.4 Å². The summed E-state index contributed by atoms with van der Waals surface area (Å²) < 4.78 is 25.5. The van der Waals surface area contributed by atoms with Crippen LogP contribution in [0.5, 0.6) is 0 Å². The topological polar surface area (TPSA) is 66.5 Å². The predicted octanol–water partition coefficient (Wildman–Crippen LogP) is 1.99. The summed E-state index contributed by atoms with van der Waals surface area (Å²) in [6, 6.07) is 5.61. The van der Waals surface area contributed by atoms with Crippen LogP contribution in [0, 0.1) is 19.8 Å². The Morgan fingerprint density at radius 2 is 2.00 bits per heavy atom. The van der Waals surface area contributed by atoms with Gasteiger partial charge in [-0.3, -0.25) is 9.10 Å². The molecule has 0 radical (unpaired) electrons. The lowest BCUT2D eigenvalue weighted by Crippen LogP contribution is -2.41. The van der Waals surface area contributed by atoms with Gasteiger partial charge in [-0.1, -0.05) is 18.6 Å². The second-order valence-electron chi connectivity index (χ2n) is 5.97. The Kier molecular flexibility index (Phi) is 5.11. The third kappa shape index (κ3) is 3.80. The second kappa shape index (κ2) is 6.69. The largest absolute Gasteiger partial charge is 0.354 e. The molecule has 0 saturated heterocycles. The number of sulfonamides is 1. The van der Waals surface area contributed by atoms with Crippen molar-refractivity contribution in [2.24, 2.45) is 5.92 Å². The normalized spacial score (nSPS) is 15.2. The van der Waals surface area contributed by atoms with E-state index in [1.165, 1.54) is 10.6 Å². The molecule has 1 saturated carbocycles. The highest BCUT2D eigenvalue weighted by molar-refractivity contribution is 7.92. The monoisotopic (exact) mass is 324 g/mol. The summed E-state index contributed by atoms with van der Waals surface area (Å²) in [6.07, 6.45) is 4.19. The molecule has 1 aliphatic rings. The van der Waals surface area contributed by atoms with Gasteiger partial charge in [0.1, 0.15) is 0 Å². The van der Waals surface area contributed by atoms with Crippen molar-refractivity contribution < 1.29 is 13.2 Å². The van der Waals surface area contributed by atoms with E-state index in [9.17, 15) is 13.2 Å². The maximum atomic E-state index is 12.1. The number of amides is 1. The van der Waals surface area contributed by atoms with E-state index in [0.717, 1.165) is 30.4 Å². The molecule has 0 spiro atoms. The van der Waals surface area contributed by atoms with Gasteiger partial charge in [-0.15, -0.1) is 0 Å². The zero-order valence-electron chi connectivity index (χ0n) is 13.4. The van der Waals surface area contributed by atoms with Crippen LogP contribution in [-0.4, -0.2) is 33.7 Å². The molecule has 0 bridgehead atoms. The number of carbonyl (C=O) groups excluding carboxylic acids is 1. The van der Waals surface area contributed by atoms with Gasteiger partial charge in [0.2, 0.25) is 15.9 Å². The van der Waals surface area contributed by atoms with Gasteiger partial charge in [-0.2, -0.15) is 0 Å². The van der Waals surface area contributed by atoms with E-state index in [1.807, 2.05) is 26.0 Å². The number of nitrogens with one attached hydrogen (secondary N) is 1. The van der Waals surface area contributed by atoms with Gasteiger partial charge in [0.05, 0.1) is 18.5 Å². The molecule has 22 heavy (non-hydrogen) atoms. The van der Waals surface area contributed by atoms with Crippen molar-refractivity contribution in [2.75, 3.05) is 23.7 Å². The Balaban J connectivity index is 2.07. The molecular formula is C16H24N2O3S. The van der Waals surface area contributed by atoms with Gasteiger partial charge in [-0.25, -0.2) is 8.42 Å². The van der Waals surface area contributed by atoms with Crippen molar-refractivity contribution in [3.8, 4) is 0 Å². The number of benzene rings is 1. The van der Waals surface area contributed by atoms with Crippen molar-refractivity contribution in [3.05, 3.63) is 29.3 Å². The highest BCUT2D eigenvalue weighted by Gasteiger charge is 2.25. The Bertz CT molecular complexity index is 651. The fourth-order valence-electron chi connectivity index (χ4n) is 2.57. The Morgan fingerprint density at radius 3 is 2.55 bits per heavy atom. The zero-order chi connectivity index (χ0) is 16.3. The fraction of sp³-hybridized carbons (Fsp3) is 0.562. The molecule has 1 aromatic rings. The first kappa shape index (κ1) is 16.8. The third-order valence-corrected chi connectivity index (χ3v) is 5.52. The van der Waals surface area contributed by atoms with Crippen molar-refractivity contribution in [1.82, 2.24) is 5.32 Å². The van der Waals surface area contributed by atoms with Crippen molar-refractivity contribution in [3.63, 3.8) is 0 Å². The summed E-state index contributed by atoms with van der Waals surface area (Å²) in [6.45, 7) is 4.45. The molecule has 1 fully saturated rings. The minimum atomic E-state index is -3.38. The van der Waals surface area contributed by atoms with Crippen LogP contribution in [0.4, 0.5) is 5.69 Å². The van der Waals surface area contributed by atoms with Crippen LogP contribution in [0.15, 0.2) is 18.2 Å². The number of carbonyl (C=O) groups is 1. The Labute approximate surface area is 132 Å². The smallest absolute Gasteiger partial charge is 0.232 e. The number of nitrogens with zero attached hydrogens (tertiary/aromatic N) is 1. The Hall–Kier alpha value is -1.56. The number of rotatable bonds is 6. The van der Waals surface area contributed by atoms with E-state index < -0.39 is 10.0 Å². The molecule has 5 nitrogen and oxygen atoms in total. The second-order valence-corrected chi connectivity index (χ2v) is 7.88. The van der Waals surface area contributed by atoms with E-state index in [2.05, 4.69) is 5.32 Å². The van der Waals surface area contributed by atoms with Crippen LogP contribution in [0.1, 0.15) is 30.4 Å². The molecule has 2 rings (SSSR count). The van der Waals surface area contributed by atoms with Crippen molar-refractivity contribution in [2.45, 2.75) is 33.1 Å².